The fourth-order valence-electron chi connectivity index (χ4n) is 4.83. The molecule has 1 atom stereocenters. The lowest BCUT2D eigenvalue weighted by Crippen LogP contribution is -2.43. The van der Waals surface area contributed by atoms with E-state index in [9.17, 15) is 4.79 Å². The molecule has 1 aliphatic carbocycles. The fourth-order valence-corrected chi connectivity index (χ4v) is 4.83. The zero-order valence-electron chi connectivity index (χ0n) is 19.1. The molecule has 2 aromatic rings. The van der Waals surface area contributed by atoms with E-state index in [4.69, 9.17) is 9.47 Å². The number of methoxy groups -OCH3 is 1. The number of amides is 1. The summed E-state index contributed by atoms with van der Waals surface area (Å²) in [5.41, 5.74) is 1.35. The van der Waals surface area contributed by atoms with Crippen LogP contribution in [0.25, 0.3) is 0 Å². The van der Waals surface area contributed by atoms with Gasteiger partial charge in [-0.2, -0.15) is 0 Å². The van der Waals surface area contributed by atoms with Gasteiger partial charge >= 0.3 is 0 Å². The van der Waals surface area contributed by atoms with Crippen LogP contribution in [0.2, 0.25) is 0 Å². The summed E-state index contributed by atoms with van der Waals surface area (Å²) in [6, 6.07) is 6.13. The minimum Gasteiger partial charge on any atom is -0.497 e. The molecule has 1 aliphatic heterocycles. The highest BCUT2D eigenvalue weighted by molar-refractivity contribution is 5.97. The third kappa shape index (κ3) is 5.76. The molecule has 4 rings (SSSR count). The second-order valence-corrected chi connectivity index (χ2v) is 8.93. The van der Waals surface area contributed by atoms with Gasteiger partial charge in [0.1, 0.15) is 17.6 Å². The minimum absolute atomic E-state index is 0.0899. The van der Waals surface area contributed by atoms with Gasteiger partial charge in [0.15, 0.2) is 0 Å². The van der Waals surface area contributed by atoms with Crippen LogP contribution in [0, 0.1) is 0 Å². The summed E-state index contributed by atoms with van der Waals surface area (Å²) in [6.07, 6.45) is 13.1. The lowest BCUT2D eigenvalue weighted by Gasteiger charge is -2.36. The topological polar surface area (TPSA) is 76.6 Å². The number of hydrogen-bond acceptors (Lipinski definition) is 6. The monoisotopic (exact) mass is 438 g/mol. The van der Waals surface area contributed by atoms with Crippen LogP contribution in [0.1, 0.15) is 61.5 Å². The number of carbonyl (C=O) groups is 1. The Bertz CT molecular complexity index is 878. The van der Waals surface area contributed by atoms with Crippen molar-refractivity contribution in [3.63, 3.8) is 0 Å². The quantitative estimate of drug-likeness (QED) is 0.678. The van der Waals surface area contributed by atoms with Crippen molar-refractivity contribution in [3.8, 4) is 11.5 Å². The number of rotatable bonds is 8. The molecular formula is C25H34N4O3. The van der Waals surface area contributed by atoms with Gasteiger partial charge in [0.2, 0.25) is 0 Å². The SMILES string of the molecule is COc1ccc(OC2CCN(C3CCCC3)CC2)c(C(=O)N[C@@H](C)Cc2cnccn2)c1. The van der Waals surface area contributed by atoms with Crippen LogP contribution in [0.15, 0.2) is 36.8 Å². The van der Waals surface area contributed by atoms with Crippen LogP contribution in [-0.2, 0) is 6.42 Å². The van der Waals surface area contributed by atoms with Gasteiger partial charge in [0, 0.05) is 50.2 Å². The van der Waals surface area contributed by atoms with E-state index in [0.29, 0.717) is 23.5 Å². The van der Waals surface area contributed by atoms with Crippen molar-refractivity contribution in [2.75, 3.05) is 20.2 Å². The summed E-state index contributed by atoms with van der Waals surface area (Å²) in [7, 11) is 1.60. The Morgan fingerprint density at radius 1 is 1.19 bits per heavy atom. The molecule has 0 radical (unpaired) electrons. The summed E-state index contributed by atoms with van der Waals surface area (Å²) in [4.78, 5) is 24.1. The largest absolute Gasteiger partial charge is 0.497 e. The highest BCUT2D eigenvalue weighted by atomic mass is 16.5. The Morgan fingerprint density at radius 3 is 2.66 bits per heavy atom. The fraction of sp³-hybridized carbons (Fsp3) is 0.560. The van der Waals surface area contributed by atoms with E-state index >= 15 is 0 Å². The van der Waals surface area contributed by atoms with E-state index in [1.165, 1.54) is 25.7 Å². The van der Waals surface area contributed by atoms with E-state index in [2.05, 4.69) is 20.2 Å². The van der Waals surface area contributed by atoms with Gasteiger partial charge in [0.05, 0.1) is 18.4 Å². The summed E-state index contributed by atoms with van der Waals surface area (Å²) < 4.78 is 11.7. The van der Waals surface area contributed by atoms with Crippen LogP contribution in [0.3, 0.4) is 0 Å². The van der Waals surface area contributed by atoms with Crippen molar-refractivity contribution in [1.29, 1.82) is 0 Å². The Kier molecular flexibility index (Phi) is 7.58. The predicted octanol–water partition coefficient (Wildman–Crippen LogP) is 3.63. The number of ether oxygens (including phenoxy) is 2. The van der Waals surface area contributed by atoms with Gasteiger partial charge in [-0.3, -0.25) is 14.8 Å². The van der Waals surface area contributed by atoms with Gasteiger partial charge < -0.3 is 19.7 Å². The Morgan fingerprint density at radius 2 is 1.97 bits per heavy atom. The lowest BCUT2D eigenvalue weighted by molar-refractivity contribution is 0.0748. The minimum atomic E-state index is -0.168. The van der Waals surface area contributed by atoms with Gasteiger partial charge in [-0.05, 0) is 50.8 Å². The first-order valence-electron chi connectivity index (χ1n) is 11.8. The molecule has 7 heteroatoms. The predicted molar refractivity (Wildman–Crippen MR) is 123 cm³/mol. The maximum Gasteiger partial charge on any atom is 0.255 e. The number of piperidine rings is 1. The highest BCUT2D eigenvalue weighted by Gasteiger charge is 2.28. The smallest absolute Gasteiger partial charge is 0.255 e. The van der Waals surface area contributed by atoms with Crippen LogP contribution in [0.4, 0.5) is 0 Å². The molecule has 0 spiro atoms. The molecule has 1 N–H and O–H groups in total. The molecule has 0 bridgehead atoms. The van der Waals surface area contributed by atoms with Gasteiger partial charge in [-0.25, -0.2) is 0 Å². The molecule has 7 nitrogen and oxygen atoms in total. The molecule has 1 saturated heterocycles. The maximum absolute atomic E-state index is 13.1. The zero-order chi connectivity index (χ0) is 22.3. The van der Waals surface area contributed by atoms with E-state index < -0.39 is 0 Å². The first-order valence-corrected chi connectivity index (χ1v) is 11.8. The molecule has 32 heavy (non-hydrogen) atoms. The van der Waals surface area contributed by atoms with Crippen LogP contribution in [-0.4, -0.2) is 59.2 Å². The Labute approximate surface area is 190 Å². The van der Waals surface area contributed by atoms with E-state index in [0.717, 1.165) is 37.7 Å². The normalized spacial score (nSPS) is 18.9. The lowest BCUT2D eigenvalue weighted by atomic mass is 10.0. The van der Waals surface area contributed by atoms with Gasteiger partial charge in [-0.15, -0.1) is 0 Å². The van der Waals surface area contributed by atoms with Crippen molar-refractivity contribution in [2.45, 2.75) is 70.1 Å². The van der Waals surface area contributed by atoms with E-state index in [1.54, 1.807) is 31.8 Å². The number of likely N-dealkylation sites (tertiary alicyclic amines) is 1. The average Bonchev–Trinajstić information content (AvgIpc) is 3.35. The van der Waals surface area contributed by atoms with Crippen LogP contribution in [0.5, 0.6) is 11.5 Å². The number of benzene rings is 1. The van der Waals surface area contributed by atoms with Crippen molar-refractivity contribution >= 4 is 5.91 Å². The number of carbonyl (C=O) groups excluding carboxylic acids is 1. The molecular weight excluding hydrogens is 404 g/mol. The summed E-state index contributed by atoms with van der Waals surface area (Å²) >= 11 is 0. The summed E-state index contributed by atoms with van der Waals surface area (Å²) in [5, 5.41) is 3.07. The summed E-state index contributed by atoms with van der Waals surface area (Å²) in [5.74, 6) is 1.09. The second kappa shape index (κ2) is 10.8. The highest BCUT2D eigenvalue weighted by Crippen LogP contribution is 2.30. The molecule has 1 aromatic heterocycles. The molecule has 1 aromatic carbocycles. The van der Waals surface area contributed by atoms with E-state index in [1.807, 2.05) is 19.1 Å². The van der Waals surface area contributed by atoms with Crippen LogP contribution >= 0.6 is 0 Å². The Balaban J connectivity index is 1.39. The molecule has 0 unspecified atom stereocenters. The number of aromatic nitrogens is 2. The maximum atomic E-state index is 13.1. The standard InChI is InChI=1S/C25H34N4O3/c1-18(15-19-17-26-11-12-27-19)28-25(30)23-16-22(31-2)7-8-24(23)32-21-9-13-29(14-10-21)20-5-3-4-6-20/h7-8,11-12,16-18,20-21H,3-6,9-10,13-15H2,1-2H3,(H,28,30)/t18-/m0/s1. The van der Waals surface area contributed by atoms with E-state index in [-0.39, 0.29) is 18.1 Å². The zero-order valence-corrected chi connectivity index (χ0v) is 19.1. The van der Waals surface area contributed by atoms with Gasteiger partial charge in [-0.1, -0.05) is 12.8 Å². The first-order chi connectivity index (χ1) is 15.6. The summed E-state index contributed by atoms with van der Waals surface area (Å²) in [6.45, 7) is 4.11. The molecule has 2 aliphatic rings. The van der Waals surface area contributed by atoms with Crippen molar-refractivity contribution in [3.05, 3.63) is 48.0 Å². The average molecular weight is 439 g/mol. The van der Waals surface area contributed by atoms with Crippen molar-refractivity contribution in [1.82, 2.24) is 20.2 Å². The van der Waals surface area contributed by atoms with Crippen molar-refractivity contribution in [2.24, 2.45) is 0 Å². The van der Waals surface area contributed by atoms with Crippen LogP contribution < -0.4 is 14.8 Å². The number of nitrogens with zero attached hydrogens (tertiary/aromatic N) is 3. The molecule has 1 saturated carbocycles. The second-order valence-electron chi connectivity index (χ2n) is 8.93. The molecule has 2 fully saturated rings. The first kappa shape index (κ1) is 22.5. The molecule has 2 heterocycles. The Hall–Kier alpha value is -2.67. The third-order valence-electron chi connectivity index (χ3n) is 6.55. The number of nitrogens with one attached hydrogen (secondary N) is 1. The molecule has 1 amide bonds. The number of hydrogen-bond donors (Lipinski definition) is 1. The van der Waals surface area contributed by atoms with Crippen molar-refractivity contribution < 1.29 is 14.3 Å². The molecule has 172 valence electrons. The third-order valence-corrected chi connectivity index (χ3v) is 6.55. The van der Waals surface area contributed by atoms with Gasteiger partial charge in [0.25, 0.3) is 5.91 Å².